The Kier molecular flexibility index (Phi) is 7.84. The van der Waals surface area contributed by atoms with E-state index in [4.69, 9.17) is 0 Å². The summed E-state index contributed by atoms with van der Waals surface area (Å²) >= 11 is 1.40. The third-order valence-electron chi connectivity index (χ3n) is 5.51. The van der Waals surface area contributed by atoms with Gasteiger partial charge in [-0.1, -0.05) is 19.1 Å². The molecule has 0 radical (unpaired) electrons. The molecule has 1 fully saturated rings. The van der Waals surface area contributed by atoms with Gasteiger partial charge in [-0.05, 0) is 62.8 Å². The van der Waals surface area contributed by atoms with E-state index in [1.54, 1.807) is 35.2 Å². The maximum Gasteiger partial charge on any atom is 0.261 e. The molecule has 2 amide bonds. The number of rotatable bonds is 8. The summed E-state index contributed by atoms with van der Waals surface area (Å²) in [6.45, 7) is 5.21. The number of carbonyl (C=O) groups excluding carboxylic acids is 2. The summed E-state index contributed by atoms with van der Waals surface area (Å²) < 4.78 is 28.9. The molecule has 0 saturated carbocycles. The lowest BCUT2D eigenvalue weighted by Crippen LogP contribution is -2.32. The number of thioether (sulfide) groups is 1. The van der Waals surface area contributed by atoms with E-state index in [-0.39, 0.29) is 34.0 Å². The van der Waals surface area contributed by atoms with Crippen molar-refractivity contribution in [3.63, 3.8) is 0 Å². The number of hydrogen-bond donors (Lipinski definition) is 2. The van der Waals surface area contributed by atoms with Gasteiger partial charge in [-0.2, -0.15) is 0 Å². The molecule has 7 nitrogen and oxygen atoms in total. The number of amides is 2. The zero-order valence-corrected chi connectivity index (χ0v) is 20.2. The zero-order chi connectivity index (χ0) is 23.3. The van der Waals surface area contributed by atoms with Gasteiger partial charge in [0.1, 0.15) is 0 Å². The summed E-state index contributed by atoms with van der Waals surface area (Å²) in [6.07, 6.45) is 4.52. The molecular weight excluding hydrogens is 446 g/mol. The molecule has 32 heavy (non-hydrogen) atoms. The van der Waals surface area contributed by atoms with E-state index in [2.05, 4.69) is 10.0 Å². The molecule has 1 atom stereocenters. The normalized spacial score (nSPS) is 14.8. The van der Waals surface area contributed by atoms with Gasteiger partial charge in [-0.15, -0.1) is 11.8 Å². The van der Waals surface area contributed by atoms with E-state index in [1.165, 1.54) is 23.9 Å². The molecule has 2 aromatic rings. The fourth-order valence-electron chi connectivity index (χ4n) is 3.49. The third-order valence-corrected chi connectivity index (χ3v) is 7.67. The Bertz CT molecular complexity index is 1100. The Morgan fingerprint density at radius 3 is 2.44 bits per heavy atom. The molecule has 0 bridgehead atoms. The molecule has 1 saturated heterocycles. The molecule has 1 aliphatic heterocycles. The number of para-hydroxylation sites is 1. The standard InChI is InChI=1S/C23H29N3O4S2/c1-4-16(2)24-22(27)18-9-5-6-10-20(18)25-32(29,30)17-11-12-21(31-3)19(15-17)23(28)26-13-7-8-14-26/h5-6,9-12,15-16,25H,4,7-8,13-14H2,1-3H3,(H,24,27)/t16-/m1/s1. The Balaban J connectivity index is 1.92. The highest BCUT2D eigenvalue weighted by Gasteiger charge is 2.25. The first kappa shape index (κ1) is 24.1. The fraction of sp³-hybridized carbons (Fsp3) is 0.391. The van der Waals surface area contributed by atoms with E-state index in [0.29, 0.717) is 18.7 Å². The van der Waals surface area contributed by atoms with Crippen molar-refractivity contribution < 1.29 is 18.0 Å². The van der Waals surface area contributed by atoms with Crippen LogP contribution >= 0.6 is 11.8 Å². The molecule has 2 aromatic carbocycles. The van der Waals surface area contributed by atoms with Crippen molar-refractivity contribution in [2.45, 2.75) is 48.9 Å². The second kappa shape index (κ2) is 10.4. The number of carbonyl (C=O) groups is 2. The van der Waals surface area contributed by atoms with Crippen molar-refractivity contribution in [2.24, 2.45) is 0 Å². The van der Waals surface area contributed by atoms with Crippen LogP contribution in [0.2, 0.25) is 0 Å². The van der Waals surface area contributed by atoms with Gasteiger partial charge in [0.2, 0.25) is 0 Å². The molecule has 172 valence electrons. The third kappa shape index (κ3) is 5.45. The van der Waals surface area contributed by atoms with Crippen LogP contribution in [0, 0.1) is 0 Å². The number of nitrogens with one attached hydrogen (secondary N) is 2. The number of hydrogen-bond acceptors (Lipinski definition) is 5. The summed E-state index contributed by atoms with van der Waals surface area (Å²) in [4.78, 5) is 28.1. The molecule has 1 heterocycles. The van der Waals surface area contributed by atoms with Gasteiger partial charge in [-0.3, -0.25) is 14.3 Å². The van der Waals surface area contributed by atoms with Crippen LogP contribution in [0.5, 0.6) is 0 Å². The van der Waals surface area contributed by atoms with Crippen LogP contribution in [0.4, 0.5) is 5.69 Å². The van der Waals surface area contributed by atoms with Crippen LogP contribution in [0.15, 0.2) is 52.3 Å². The SMILES string of the molecule is CC[C@@H](C)NC(=O)c1ccccc1NS(=O)(=O)c1ccc(SC)c(C(=O)N2CCCC2)c1. The lowest BCUT2D eigenvalue weighted by molar-refractivity contribution is 0.0788. The first-order valence-electron chi connectivity index (χ1n) is 10.7. The minimum atomic E-state index is -4.02. The Morgan fingerprint density at radius 1 is 1.09 bits per heavy atom. The average molecular weight is 476 g/mol. The maximum atomic E-state index is 13.2. The lowest BCUT2D eigenvalue weighted by atomic mass is 10.1. The van der Waals surface area contributed by atoms with E-state index >= 15 is 0 Å². The number of anilines is 1. The van der Waals surface area contributed by atoms with Gasteiger partial charge in [-0.25, -0.2) is 8.42 Å². The second-order valence-electron chi connectivity index (χ2n) is 7.80. The Hall–Kier alpha value is -2.52. The highest BCUT2D eigenvalue weighted by atomic mass is 32.2. The van der Waals surface area contributed by atoms with E-state index in [0.717, 1.165) is 24.2 Å². The minimum absolute atomic E-state index is 0.0185. The Morgan fingerprint density at radius 2 is 1.78 bits per heavy atom. The molecule has 0 aliphatic carbocycles. The van der Waals surface area contributed by atoms with Crippen LogP contribution < -0.4 is 10.0 Å². The van der Waals surface area contributed by atoms with Gasteiger partial charge in [0, 0.05) is 24.0 Å². The summed E-state index contributed by atoms with van der Waals surface area (Å²) in [6, 6.07) is 11.0. The smallest absolute Gasteiger partial charge is 0.261 e. The first-order valence-corrected chi connectivity index (χ1v) is 13.4. The van der Waals surface area contributed by atoms with Crippen molar-refractivity contribution in [2.75, 3.05) is 24.1 Å². The number of nitrogens with zero attached hydrogens (tertiary/aromatic N) is 1. The van der Waals surface area contributed by atoms with Crippen LogP contribution in [-0.2, 0) is 10.0 Å². The molecule has 1 aliphatic rings. The molecule has 0 spiro atoms. The van der Waals surface area contributed by atoms with Crippen LogP contribution in [0.3, 0.4) is 0 Å². The number of sulfonamides is 1. The average Bonchev–Trinajstić information content (AvgIpc) is 3.33. The monoisotopic (exact) mass is 475 g/mol. The maximum absolute atomic E-state index is 13.2. The van der Waals surface area contributed by atoms with Crippen molar-refractivity contribution >= 4 is 39.3 Å². The van der Waals surface area contributed by atoms with E-state index in [1.807, 2.05) is 20.1 Å². The lowest BCUT2D eigenvalue weighted by Gasteiger charge is -2.18. The van der Waals surface area contributed by atoms with Gasteiger partial charge in [0.15, 0.2) is 0 Å². The van der Waals surface area contributed by atoms with Crippen LogP contribution in [-0.4, -0.2) is 50.5 Å². The van der Waals surface area contributed by atoms with Crippen molar-refractivity contribution in [1.29, 1.82) is 0 Å². The van der Waals surface area contributed by atoms with Crippen molar-refractivity contribution in [3.05, 3.63) is 53.6 Å². The molecular formula is C23H29N3O4S2. The van der Waals surface area contributed by atoms with Gasteiger partial charge < -0.3 is 10.2 Å². The molecule has 3 rings (SSSR count). The second-order valence-corrected chi connectivity index (χ2v) is 10.3. The van der Waals surface area contributed by atoms with Crippen LogP contribution in [0.25, 0.3) is 0 Å². The molecule has 2 N–H and O–H groups in total. The summed E-state index contributed by atoms with van der Waals surface area (Å²) in [5, 5.41) is 2.86. The highest BCUT2D eigenvalue weighted by Crippen LogP contribution is 2.28. The number of likely N-dealkylation sites (tertiary alicyclic amines) is 1. The fourth-order valence-corrected chi connectivity index (χ4v) is 5.17. The predicted octanol–water partition coefficient (Wildman–Crippen LogP) is 3.97. The first-order chi connectivity index (χ1) is 15.3. The summed E-state index contributed by atoms with van der Waals surface area (Å²) in [7, 11) is -4.02. The highest BCUT2D eigenvalue weighted by molar-refractivity contribution is 7.98. The van der Waals surface area contributed by atoms with Crippen LogP contribution in [0.1, 0.15) is 53.8 Å². The largest absolute Gasteiger partial charge is 0.350 e. The quantitative estimate of drug-likeness (QED) is 0.563. The van der Waals surface area contributed by atoms with Gasteiger partial charge in [0.05, 0.1) is 21.7 Å². The topological polar surface area (TPSA) is 95.6 Å². The molecule has 0 unspecified atom stereocenters. The van der Waals surface area contributed by atoms with E-state index < -0.39 is 10.0 Å². The summed E-state index contributed by atoms with van der Waals surface area (Å²) in [5.41, 5.74) is 0.810. The molecule has 9 heteroatoms. The summed E-state index contributed by atoms with van der Waals surface area (Å²) in [5.74, 6) is -0.502. The Labute approximate surface area is 194 Å². The van der Waals surface area contributed by atoms with Gasteiger partial charge in [0.25, 0.3) is 21.8 Å². The predicted molar refractivity (Wildman–Crippen MR) is 128 cm³/mol. The zero-order valence-electron chi connectivity index (χ0n) is 18.6. The van der Waals surface area contributed by atoms with E-state index in [9.17, 15) is 18.0 Å². The van der Waals surface area contributed by atoms with Gasteiger partial charge >= 0.3 is 0 Å². The minimum Gasteiger partial charge on any atom is -0.350 e. The van der Waals surface area contributed by atoms with Crippen molar-refractivity contribution in [1.82, 2.24) is 10.2 Å². The number of benzene rings is 2. The van der Waals surface area contributed by atoms with Crippen molar-refractivity contribution in [3.8, 4) is 0 Å². The molecule has 0 aromatic heterocycles.